The molecule has 0 N–H and O–H groups in total. The van der Waals surface area contributed by atoms with Gasteiger partial charge in [0.1, 0.15) is 11.3 Å². The van der Waals surface area contributed by atoms with Crippen LogP contribution in [0.15, 0.2) is 156 Å². The monoisotopic (exact) mass is 811 g/mol. The topological polar surface area (TPSA) is 38.9 Å². The van der Waals surface area contributed by atoms with Gasteiger partial charge in [-0.2, -0.15) is 0 Å². The van der Waals surface area contributed by atoms with Crippen LogP contribution >= 0.6 is 0 Å². The van der Waals surface area contributed by atoms with Crippen molar-refractivity contribution < 1.29 is 24.5 Å². The van der Waals surface area contributed by atoms with Crippen LogP contribution in [0.25, 0.3) is 67.1 Å². The number of hydrogen-bond donors (Lipinski definition) is 0. The van der Waals surface area contributed by atoms with E-state index in [2.05, 4.69) is 115 Å². The van der Waals surface area contributed by atoms with E-state index in [1.165, 1.54) is 11.1 Å². The summed E-state index contributed by atoms with van der Waals surface area (Å²) in [5.74, 6) is 0.884. The fraction of sp³-hybridized carbons (Fsp3) is 0.0667. The van der Waals surface area contributed by atoms with Crippen molar-refractivity contribution in [2.75, 3.05) is 0 Å². The number of benzene rings is 5. The molecule has 3 aromatic heterocycles. The summed E-state index contributed by atoms with van der Waals surface area (Å²) in [5, 5.41) is 1.10. The molecule has 5 aromatic carbocycles. The maximum atomic E-state index is 6.27. The van der Waals surface area contributed by atoms with Gasteiger partial charge in [0.2, 0.25) is 0 Å². The molecule has 0 bridgehead atoms. The summed E-state index contributed by atoms with van der Waals surface area (Å²) in [6.45, 7) is 6.21. The van der Waals surface area contributed by atoms with Gasteiger partial charge in [0, 0.05) is 43.4 Å². The molecule has 1 radical (unpaired) electrons. The smallest absolute Gasteiger partial charge is 0.137 e. The van der Waals surface area contributed by atoms with Crippen molar-refractivity contribution in [1.29, 1.82) is 0 Å². The first-order chi connectivity index (χ1) is 23.5. The maximum Gasteiger partial charge on any atom is 0.137 e. The van der Waals surface area contributed by atoms with E-state index >= 15 is 0 Å². The van der Waals surface area contributed by atoms with Gasteiger partial charge in [0.15, 0.2) is 0 Å². The number of furan rings is 1. The van der Waals surface area contributed by atoms with Crippen LogP contribution in [-0.2, 0) is 20.1 Å². The SMILES string of the molecule is Cc1c[c-]c(-c2ccc(C)cn2)cc1.Cc1cc(-c2cc(-c3ccccn3)[c-]cc2-c2ccccc2)cc2cc(-c3ccccc3)oc12.[Ir]. The summed E-state index contributed by atoms with van der Waals surface area (Å²) in [6.07, 6.45) is 3.70. The third-order valence-electron chi connectivity index (χ3n) is 8.30. The maximum absolute atomic E-state index is 6.27. The Kier molecular flexibility index (Phi) is 10.4. The zero-order valence-electron chi connectivity index (χ0n) is 27.6. The van der Waals surface area contributed by atoms with Crippen molar-refractivity contribution in [1.82, 2.24) is 9.97 Å². The molecule has 241 valence electrons. The van der Waals surface area contributed by atoms with Gasteiger partial charge in [-0.15, -0.1) is 59.2 Å². The Labute approximate surface area is 301 Å². The van der Waals surface area contributed by atoms with Crippen molar-refractivity contribution in [3.05, 3.63) is 181 Å². The molecule has 8 rings (SSSR count). The van der Waals surface area contributed by atoms with E-state index < -0.39 is 0 Å². The Balaban J connectivity index is 0.000000234. The molecule has 0 aliphatic heterocycles. The summed E-state index contributed by atoms with van der Waals surface area (Å²) >= 11 is 0. The molecule has 0 unspecified atom stereocenters. The van der Waals surface area contributed by atoms with Gasteiger partial charge >= 0.3 is 0 Å². The van der Waals surface area contributed by atoms with Gasteiger partial charge in [-0.05, 0) is 66.2 Å². The minimum atomic E-state index is 0. The van der Waals surface area contributed by atoms with Crippen molar-refractivity contribution in [3.8, 4) is 56.1 Å². The molecule has 49 heavy (non-hydrogen) atoms. The van der Waals surface area contributed by atoms with Crippen molar-refractivity contribution >= 4 is 11.0 Å². The van der Waals surface area contributed by atoms with Crippen molar-refractivity contribution in [2.45, 2.75) is 20.8 Å². The van der Waals surface area contributed by atoms with Gasteiger partial charge in [0.25, 0.3) is 0 Å². The van der Waals surface area contributed by atoms with Crippen LogP contribution in [0.4, 0.5) is 0 Å². The van der Waals surface area contributed by atoms with E-state index in [-0.39, 0.29) is 20.1 Å². The summed E-state index contributed by atoms with van der Waals surface area (Å²) in [4.78, 5) is 8.89. The number of hydrogen-bond acceptors (Lipinski definition) is 3. The number of fused-ring (bicyclic) bond motifs is 1. The zero-order chi connectivity index (χ0) is 32.9. The number of rotatable bonds is 5. The minimum Gasteiger partial charge on any atom is -0.456 e. The van der Waals surface area contributed by atoms with Crippen LogP contribution < -0.4 is 0 Å². The molecular formula is C45H34IrN2O-2. The molecule has 4 heteroatoms. The Hall–Kier alpha value is -5.41. The van der Waals surface area contributed by atoms with Gasteiger partial charge in [-0.3, -0.25) is 0 Å². The molecule has 3 nitrogen and oxygen atoms in total. The average molecular weight is 811 g/mol. The third kappa shape index (κ3) is 7.68. The summed E-state index contributed by atoms with van der Waals surface area (Å²) in [6, 6.07) is 54.4. The average Bonchev–Trinajstić information content (AvgIpc) is 3.59. The summed E-state index contributed by atoms with van der Waals surface area (Å²) < 4.78 is 6.27. The van der Waals surface area contributed by atoms with Crippen molar-refractivity contribution in [3.63, 3.8) is 0 Å². The van der Waals surface area contributed by atoms with E-state index in [4.69, 9.17) is 4.42 Å². The summed E-state index contributed by atoms with van der Waals surface area (Å²) in [5.41, 5.74) is 14.1. The molecule has 8 aromatic rings. The number of aromatic nitrogens is 2. The van der Waals surface area contributed by atoms with Crippen LogP contribution in [0.5, 0.6) is 0 Å². The molecule has 0 aliphatic carbocycles. The molecule has 0 spiro atoms. The quantitative estimate of drug-likeness (QED) is 0.163. The standard InChI is InChI=1S/C32H22NO.C13H12N.Ir/c1-22-18-26(19-27-21-31(34-32(22)27)24-12-6-3-7-13-24)29-20-25(30-14-8-9-17-33-30)15-16-28(29)23-10-4-2-5-11-23;1-10-3-6-12(7-4-10)13-8-5-11(2)9-14-13;/h2-14,16-21H,1H3;3-6,8-9H,1-2H3;/q2*-1;. The van der Waals surface area contributed by atoms with Crippen LogP contribution in [0.2, 0.25) is 0 Å². The predicted octanol–water partition coefficient (Wildman–Crippen LogP) is 11.8. The van der Waals surface area contributed by atoms with Crippen LogP contribution in [0, 0.1) is 32.9 Å². The van der Waals surface area contributed by atoms with Crippen LogP contribution in [0.3, 0.4) is 0 Å². The van der Waals surface area contributed by atoms with Crippen molar-refractivity contribution in [2.24, 2.45) is 0 Å². The molecule has 0 atom stereocenters. The molecule has 0 fully saturated rings. The number of nitrogens with zero attached hydrogens (tertiary/aromatic N) is 2. The van der Waals surface area contributed by atoms with E-state index in [9.17, 15) is 0 Å². The minimum absolute atomic E-state index is 0. The molecule has 0 amide bonds. The third-order valence-corrected chi connectivity index (χ3v) is 8.30. The largest absolute Gasteiger partial charge is 0.456 e. The fourth-order valence-electron chi connectivity index (χ4n) is 5.77. The first-order valence-corrected chi connectivity index (χ1v) is 16.1. The normalized spacial score (nSPS) is 10.6. The summed E-state index contributed by atoms with van der Waals surface area (Å²) in [7, 11) is 0. The van der Waals surface area contributed by atoms with Gasteiger partial charge in [0.05, 0.1) is 0 Å². The Morgan fingerprint density at radius 3 is 1.90 bits per heavy atom. The predicted molar refractivity (Wildman–Crippen MR) is 197 cm³/mol. The van der Waals surface area contributed by atoms with E-state index in [0.717, 1.165) is 72.6 Å². The van der Waals surface area contributed by atoms with Crippen LogP contribution in [0.1, 0.15) is 16.7 Å². The van der Waals surface area contributed by atoms with E-state index in [1.807, 2.05) is 80.0 Å². The first-order valence-electron chi connectivity index (χ1n) is 16.1. The molecule has 0 saturated heterocycles. The Bertz CT molecular complexity index is 2240. The zero-order valence-corrected chi connectivity index (χ0v) is 30.0. The van der Waals surface area contributed by atoms with E-state index in [1.54, 1.807) is 0 Å². The second-order valence-corrected chi connectivity index (χ2v) is 11.9. The fourth-order valence-corrected chi connectivity index (χ4v) is 5.77. The Morgan fingerprint density at radius 1 is 0.531 bits per heavy atom. The van der Waals surface area contributed by atoms with Gasteiger partial charge in [-0.25, -0.2) is 0 Å². The van der Waals surface area contributed by atoms with E-state index in [0.29, 0.717) is 0 Å². The number of pyridine rings is 2. The Morgan fingerprint density at radius 2 is 1.22 bits per heavy atom. The first kappa shape index (κ1) is 33.5. The molecule has 0 saturated carbocycles. The van der Waals surface area contributed by atoms with Gasteiger partial charge < -0.3 is 14.4 Å². The number of aryl methyl sites for hydroxylation is 3. The van der Waals surface area contributed by atoms with Gasteiger partial charge in [-0.1, -0.05) is 109 Å². The molecule has 3 heterocycles. The molecule has 0 aliphatic rings. The second kappa shape index (κ2) is 15.2. The van der Waals surface area contributed by atoms with Crippen LogP contribution in [-0.4, -0.2) is 9.97 Å². The second-order valence-electron chi connectivity index (χ2n) is 11.9. The molecular weight excluding hydrogens is 777 g/mol.